The number of carbonyl (C=O) groups excluding carboxylic acids is 8. The van der Waals surface area contributed by atoms with Gasteiger partial charge in [-0.3, -0.25) is 53.6 Å². The molecular weight excluding hydrogens is 957 g/mol. The third kappa shape index (κ3) is 26.2. The molecule has 0 aliphatic carbocycles. The molecule has 1 aromatic rings. The maximum atomic E-state index is 14.3. The van der Waals surface area contributed by atoms with Gasteiger partial charge in [0, 0.05) is 32.0 Å². The third-order valence-corrected chi connectivity index (χ3v) is 11.5. The van der Waals surface area contributed by atoms with E-state index < -0.39 is 108 Å². The van der Waals surface area contributed by atoms with Gasteiger partial charge >= 0.3 is 5.97 Å². The van der Waals surface area contributed by atoms with Gasteiger partial charge in [0.2, 0.25) is 47.3 Å². The maximum absolute atomic E-state index is 14.3. The highest BCUT2D eigenvalue weighted by Gasteiger charge is 2.35. The minimum atomic E-state index is -1.28. The first-order valence-electron chi connectivity index (χ1n) is 25.4. The predicted octanol–water partition coefficient (Wildman–Crippen LogP) is -0.158. The van der Waals surface area contributed by atoms with Crippen molar-refractivity contribution in [1.82, 2.24) is 42.5 Å². The van der Waals surface area contributed by atoms with Crippen LogP contribution in [0.4, 0.5) is 0 Å². The molecule has 0 saturated heterocycles. The zero-order valence-corrected chi connectivity index (χ0v) is 44.7. The summed E-state index contributed by atoms with van der Waals surface area (Å²) in [6.45, 7) is 16.1. The van der Waals surface area contributed by atoms with E-state index >= 15 is 0 Å². The summed E-state index contributed by atoms with van der Waals surface area (Å²) < 4.78 is 0. The number of nitrogens with two attached hydrogens (primary N) is 4. The molecule has 0 aliphatic rings. The Morgan fingerprint density at radius 2 is 0.973 bits per heavy atom. The number of aliphatic imine (C=N–C) groups is 1. The summed E-state index contributed by atoms with van der Waals surface area (Å²) in [5.74, 6) is -7.84. The number of amidine groups is 1. The van der Waals surface area contributed by atoms with E-state index in [-0.39, 0.29) is 87.6 Å². The van der Waals surface area contributed by atoms with E-state index in [9.17, 15) is 48.3 Å². The summed E-state index contributed by atoms with van der Waals surface area (Å²) in [5.41, 5.74) is 23.6. The number of carboxylic acid groups (broad SMARTS) is 1. The fraction of sp³-hybridized carbons (Fsp3) is 0.660. The van der Waals surface area contributed by atoms with Crippen LogP contribution in [0.15, 0.2) is 29.3 Å². The number of hydrogen-bond acceptors (Lipinski definition) is 12. The minimum absolute atomic E-state index is 0.00522. The number of carboxylic acids is 1. The standard InChI is InChI=1S/C50H86N14O10/c1-27(2)23-37(62-48(73)39(25-29(5)6)63-47(72)38(24-28(3)4)61-44(69)36(58-31(9)65)19-20-40(66)67)46(71)59-35(14-12-22-56-50(54)55)45(70)64-41(30(7)8)49(74)60-34(13-10-11-21-51)43(68)57-26-32-15-17-33(18-16-32)42(52)53/h15-18,27-30,34-39,41H,10-14,19-26,51H2,1-9H3,(H3,52,53)(H,57,68)(H,58,65)(H,59,71)(H,60,74)(H,61,69)(H,62,73)(H,63,72)(H,64,70)(H,66,67)(H4,54,55,56)/t34-,35-,36-,37-,38-,39-,41-/m0/s1. The number of guanidine groups is 1. The molecule has 74 heavy (non-hydrogen) atoms. The van der Waals surface area contributed by atoms with Gasteiger partial charge in [0.15, 0.2) is 5.96 Å². The first kappa shape index (κ1) is 65.2. The van der Waals surface area contributed by atoms with Crippen molar-refractivity contribution in [3.8, 4) is 0 Å². The lowest BCUT2D eigenvalue weighted by Gasteiger charge is -2.29. The van der Waals surface area contributed by atoms with Gasteiger partial charge in [-0.1, -0.05) is 79.7 Å². The van der Waals surface area contributed by atoms with Crippen molar-refractivity contribution in [2.75, 3.05) is 13.1 Å². The highest BCUT2D eigenvalue weighted by atomic mass is 16.4. The Morgan fingerprint density at radius 3 is 1.39 bits per heavy atom. The molecule has 0 bridgehead atoms. The van der Waals surface area contributed by atoms with E-state index in [4.69, 9.17) is 28.3 Å². The van der Waals surface area contributed by atoms with Gasteiger partial charge in [0.1, 0.15) is 48.1 Å². The Kier molecular flexibility index (Phi) is 29.8. The zero-order valence-electron chi connectivity index (χ0n) is 44.7. The Bertz CT molecular complexity index is 2060. The number of nitrogens with zero attached hydrogens (tertiary/aromatic N) is 1. The number of benzene rings is 1. The highest BCUT2D eigenvalue weighted by molar-refractivity contribution is 5.98. The molecule has 7 atom stereocenters. The van der Waals surface area contributed by atoms with Crippen LogP contribution in [0.3, 0.4) is 0 Å². The lowest BCUT2D eigenvalue weighted by molar-refractivity contribution is -0.138. The molecule has 0 heterocycles. The van der Waals surface area contributed by atoms with Gasteiger partial charge in [-0.25, -0.2) is 0 Å². The van der Waals surface area contributed by atoms with E-state index in [0.29, 0.717) is 24.9 Å². The SMILES string of the molecule is CC(=O)N[C@@H](CCC(=O)O)C(=O)N[C@@H](CC(C)C)C(=O)N[C@@H](CC(C)C)C(=O)N[C@@H](CC(C)C)C(=O)N[C@@H](CCCN=C(N)N)C(=O)N[C@H](C(=O)N[C@@H](CCCCN)C(=O)NCc1ccc(C(=N)N)cc1)C(C)C. The molecule has 0 aromatic heterocycles. The Labute approximate surface area is 435 Å². The van der Waals surface area contributed by atoms with Crippen molar-refractivity contribution < 1.29 is 48.3 Å². The lowest BCUT2D eigenvalue weighted by atomic mass is 9.98. The Balaban J connectivity index is 3.46. The average Bonchev–Trinajstić information content (AvgIpc) is 3.30. The van der Waals surface area contributed by atoms with E-state index in [0.717, 1.165) is 5.56 Å². The summed E-state index contributed by atoms with van der Waals surface area (Å²) in [4.78, 5) is 125. The van der Waals surface area contributed by atoms with E-state index in [1.54, 1.807) is 38.1 Å². The van der Waals surface area contributed by atoms with Crippen LogP contribution in [0.2, 0.25) is 0 Å². The molecule has 18 N–H and O–H groups in total. The number of amides is 8. The maximum Gasteiger partial charge on any atom is 0.303 e. The molecule has 0 saturated carbocycles. The van der Waals surface area contributed by atoms with Crippen molar-refractivity contribution in [1.29, 1.82) is 5.41 Å². The van der Waals surface area contributed by atoms with Gasteiger partial charge in [0.05, 0.1) is 0 Å². The first-order valence-corrected chi connectivity index (χ1v) is 25.4. The number of nitrogens with one attached hydrogen (secondary N) is 9. The molecule has 0 unspecified atom stereocenters. The van der Waals surface area contributed by atoms with Crippen LogP contribution >= 0.6 is 0 Å². The average molecular weight is 1040 g/mol. The molecule has 0 aliphatic heterocycles. The lowest BCUT2D eigenvalue weighted by Crippen LogP contribution is -2.61. The molecule has 1 aromatic carbocycles. The summed E-state index contributed by atoms with van der Waals surface area (Å²) in [7, 11) is 0. The van der Waals surface area contributed by atoms with Gasteiger partial charge in [-0.2, -0.15) is 0 Å². The van der Waals surface area contributed by atoms with Crippen molar-refractivity contribution in [2.24, 2.45) is 51.6 Å². The molecule has 0 fully saturated rings. The monoisotopic (exact) mass is 1040 g/mol. The van der Waals surface area contributed by atoms with Gasteiger partial charge in [-0.15, -0.1) is 0 Å². The third-order valence-electron chi connectivity index (χ3n) is 11.5. The number of aliphatic carboxylic acids is 1. The van der Waals surface area contributed by atoms with Gasteiger partial charge in [0.25, 0.3) is 0 Å². The normalized spacial score (nSPS) is 14.0. The van der Waals surface area contributed by atoms with E-state index in [1.165, 1.54) is 6.92 Å². The van der Waals surface area contributed by atoms with Crippen LogP contribution in [0.5, 0.6) is 0 Å². The second-order valence-electron chi connectivity index (χ2n) is 20.2. The fourth-order valence-corrected chi connectivity index (χ4v) is 7.68. The van der Waals surface area contributed by atoms with Crippen molar-refractivity contribution in [2.45, 2.75) is 175 Å². The molecule has 1 rings (SSSR count). The van der Waals surface area contributed by atoms with Gasteiger partial charge < -0.3 is 70.6 Å². The number of hydrogen-bond donors (Lipinski definition) is 14. The summed E-state index contributed by atoms with van der Waals surface area (Å²) >= 11 is 0. The number of carbonyl (C=O) groups is 9. The van der Waals surface area contributed by atoms with Crippen LogP contribution < -0.4 is 65.5 Å². The topological polar surface area (TPSA) is 410 Å². The highest BCUT2D eigenvalue weighted by Crippen LogP contribution is 2.14. The van der Waals surface area contributed by atoms with Crippen LogP contribution in [0.25, 0.3) is 0 Å². The van der Waals surface area contributed by atoms with E-state index in [2.05, 4.69) is 47.5 Å². The smallest absolute Gasteiger partial charge is 0.303 e. The van der Waals surface area contributed by atoms with Crippen molar-refractivity contribution >= 4 is 65.0 Å². The second-order valence-corrected chi connectivity index (χ2v) is 20.2. The molecule has 0 radical (unpaired) electrons. The quantitative estimate of drug-likeness (QED) is 0.0239. The first-order chi connectivity index (χ1) is 34.6. The number of nitrogen functional groups attached to an aromatic ring is 1. The molecule has 0 spiro atoms. The number of unbranched alkanes of at least 4 members (excludes halogenated alkanes) is 1. The minimum Gasteiger partial charge on any atom is -0.481 e. The van der Waals surface area contributed by atoms with E-state index in [1.807, 2.05) is 41.5 Å². The van der Waals surface area contributed by atoms with Gasteiger partial charge in [-0.05, 0) is 93.6 Å². The summed E-state index contributed by atoms with van der Waals surface area (Å²) in [6, 6.07) is -1.59. The van der Waals surface area contributed by atoms with Crippen LogP contribution in [-0.2, 0) is 49.7 Å². The largest absolute Gasteiger partial charge is 0.481 e. The molecular formula is C50H86N14O10. The number of rotatable bonds is 35. The van der Waals surface area contributed by atoms with Crippen LogP contribution in [0, 0.1) is 29.1 Å². The second kappa shape index (κ2) is 33.8. The summed E-state index contributed by atoms with van der Waals surface area (Å²) in [6.07, 6.45) is 1.22. The Morgan fingerprint density at radius 1 is 0.554 bits per heavy atom. The fourth-order valence-electron chi connectivity index (χ4n) is 7.68. The molecule has 8 amide bonds. The molecule has 24 heteroatoms. The van der Waals surface area contributed by atoms with Crippen molar-refractivity contribution in [3.63, 3.8) is 0 Å². The predicted molar refractivity (Wildman–Crippen MR) is 281 cm³/mol. The summed E-state index contributed by atoms with van der Waals surface area (Å²) in [5, 5.41) is 38.5. The van der Waals surface area contributed by atoms with Crippen molar-refractivity contribution in [3.05, 3.63) is 35.4 Å². The Hall–Kier alpha value is -6.85. The van der Waals surface area contributed by atoms with Crippen LogP contribution in [-0.4, -0.2) is 126 Å². The molecule has 416 valence electrons. The molecule has 24 nitrogen and oxygen atoms in total. The zero-order chi connectivity index (χ0) is 56.2. The van der Waals surface area contributed by atoms with Crippen LogP contribution in [0.1, 0.15) is 138 Å².